The summed E-state index contributed by atoms with van der Waals surface area (Å²) in [4.78, 5) is 22.4. The fourth-order valence-corrected chi connectivity index (χ4v) is 1.76. The lowest BCUT2D eigenvalue weighted by atomic mass is 10.1. The van der Waals surface area contributed by atoms with Crippen LogP contribution in [0.5, 0.6) is 0 Å². The molecule has 0 aliphatic heterocycles. The van der Waals surface area contributed by atoms with Crippen molar-refractivity contribution in [2.24, 2.45) is 0 Å². The van der Waals surface area contributed by atoms with Gasteiger partial charge in [0, 0.05) is 18.8 Å². The summed E-state index contributed by atoms with van der Waals surface area (Å²) in [5, 5.41) is 14.6. The molecule has 0 aromatic rings. The number of amides is 2. The molecule has 0 aliphatic carbocycles. The van der Waals surface area contributed by atoms with Crippen LogP contribution in [0.25, 0.3) is 0 Å². The largest absolute Gasteiger partial charge is 0.387 e. The van der Waals surface area contributed by atoms with E-state index in [0.717, 1.165) is 6.42 Å². The van der Waals surface area contributed by atoms with Crippen LogP contribution in [-0.2, 0) is 9.59 Å². The summed E-state index contributed by atoms with van der Waals surface area (Å²) in [6.07, 6.45) is 2.65. The lowest BCUT2D eigenvalue weighted by Crippen LogP contribution is -2.47. The van der Waals surface area contributed by atoms with E-state index in [-0.39, 0.29) is 6.54 Å². The van der Waals surface area contributed by atoms with Crippen molar-refractivity contribution in [1.29, 1.82) is 0 Å². The van der Waals surface area contributed by atoms with Gasteiger partial charge in [-0.1, -0.05) is 6.92 Å². The molecule has 2 amide bonds. The summed E-state index contributed by atoms with van der Waals surface area (Å²) < 4.78 is 0. The lowest BCUT2D eigenvalue weighted by Gasteiger charge is -2.22. The van der Waals surface area contributed by atoms with Gasteiger partial charge in [0.15, 0.2) is 0 Å². The Balaban J connectivity index is 3.92. The summed E-state index contributed by atoms with van der Waals surface area (Å²) in [5.41, 5.74) is -0.986. The molecule has 6 heteroatoms. The van der Waals surface area contributed by atoms with Crippen molar-refractivity contribution in [2.45, 2.75) is 25.9 Å². The maximum Gasteiger partial charge on any atom is 0.309 e. The van der Waals surface area contributed by atoms with Gasteiger partial charge in [0.2, 0.25) is 0 Å². The van der Waals surface area contributed by atoms with Gasteiger partial charge in [-0.25, -0.2) is 0 Å². The van der Waals surface area contributed by atoms with E-state index in [1.54, 1.807) is 6.92 Å². The fourth-order valence-electron chi connectivity index (χ4n) is 1.03. The van der Waals surface area contributed by atoms with E-state index in [9.17, 15) is 14.7 Å². The number of thioether (sulfide) groups is 1. The number of aliphatic hydroxyl groups is 1. The minimum absolute atomic E-state index is 0.0756. The van der Waals surface area contributed by atoms with E-state index < -0.39 is 17.4 Å². The molecule has 0 fully saturated rings. The van der Waals surface area contributed by atoms with Crippen LogP contribution < -0.4 is 10.6 Å². The molecule has 94 valence electrons. The van der Waals surface area contributed by atoms with E-state index >= 15 is 0 Å². The number of hydrogen-bond donors (Lipinski definition) is 3. The number of rotatable bonds is 6. The first-order valence-corrected chi connectivity index (χ1v) is 6.59. The highest BCUT2D eigenvalue weighted by atomic mass is 32.2. The zero-order valence-corrected chi connectivity index (χ0v) is 10.8. The highest BCUT2D eigenvalue weighted by Gasteiger charge is 2.22. The minimum atomic E-state index is -0.986. The highest BCUT2D eigenvalue weighted by molar-refractivity contribution is 7.98. The first kappa shape index (κ1) is 15.2. The molecule has 3 N–H and O–H groups in total. The molecule has 0 rings (SSSR count). The third kappa shape index (κ3) is 6.68. The van der Waals surface area contributed by atoms with Gasteiger partial charge < -0.3 is 15.7 Å². The monoisotopic (exact) mass is 248 g/mol. The normalized spacial score (nSPS) is 14.0. The van der Waals surface area contributed by atoms with Crippen LogP contribution in [0.3, 0.4) is 0 Å². The minimum Gasteiger partial charge on any atom is -0.387 e. The molecule has 1 atom stereocenters. The van der Waals surface area contributed by atoms with E-state index in [1.165, 1.54) is 11.8 Å². The number of carbonyl (C=O) groups excluding carboxylic acids is 2. The fraction of sp³-hybridized carbons (Fsp3) is 0.800. The first-order chi connectivity index (χ1) is 7.43. The number of nitrogens with one attached hydrogen (secondary N) is 2. The third-order valence-electron chi connectivity index (χ3n) is 1.83. The van der Waals surface area contributed by atoms with Crippen LogP contribution in [0, 0.1) is 0 Å². The Bertz CT molecular complexity index is 244. The van der Waals surface area contributed by atoms with E-state index in [4.69, 9.17) is 0 Å². The highest BCUT2D eigenvalue weighted by Crippen LogP contribution is 2.08. The zero-order valence-electron chi connectivity index (χ0n) is 10.0. The molecule has 1 unspecified atom stereocenters. The Labute approximate surface area is 100 Å². The second kappa shape index (κ2) is 7.51. The standard InChI is InChI=1S/C10H20N2O3S/c1-4-5-11-8(13)9(14)12-6-10(2,15)7-16-3/h15H,4-7H2,1-3H3,(H,11,13)(H,12,14). The van der Waals surface area contributed by atoms with Crippen molar-refractivity contribution in [3.8, 4) is 0 Å². The summed E-state index contributed by atoms with van der Waals surface area (Å²) in [7, 11) is 0. The van der Waals surface area contributed by atoms with Crippen LogP contribution in [0.1, 0.15) is 20.3 Å². The second-order valence-corrected chi connectivity index (χ2v) is 4.73. The predicted octanol–water partition coefficient (Wildman–Crippen LogP) is -0.257. The topological polar surface area (TPSA) is 78.4 Å². The van der Waals surface area contributed by atoms with Crippen LogP contribution in [0.15, 0.2) is 0 Å². The molecule has 16 heavy (non-hydrogen) atoms. The maximum atomic E-state index is 11.3. The van der Waals surface area contributed by atoms with Crippen molar-refractivity contribution >= 4 is 23.6 Å². The summed E-state index contributed by atoms with van der Waals surface area (Å²) in [6.45, 7) is 4.08. The predicted molar refractivity (Wildman–Crippen MR) is 65.3 cm³/mol. The van der Waals surface area contributed by atoms with Gasteiger partial charge in [-0.2, -0.15) is 11.8 Å². The summed E-state index contributed by atoms with van der Waals surface area (Å²) in [6, 6.07) is 0. The lowest BCUT2D eigenvalue weighted by molar-refractivity contribution is -0.139. The Morgan fingerprint density at radius 3 is 2.38 bits per heavy atom. The molecule has 5 nitrogen and oxygen atoms in total. The molecular formula is C10H20N2O3S. The summed E-state index contributed by atoms with van der Waals surface area (Å²) in [5.74, 6) is -0.847. The van der Waals surface area contributed by atoms with Gasteiger partial charge in [-0.15, -0.1) is 0 Å². The van der Waals surface area contributed by atoms with Gasteiger partial charge in [-0.05, 0) is 19.6 Å². The molecule has 0 aromatic heterocycles. The molecular weight excluding hydrogens is 228 g/mol. The van der Waals surface area contributed by atoms with E-state index in [0.29, 0.717) is 12.3 Å². The van der Waals surface area contributed by atoms with Gasteiger partial charge in [0.25, 0.3) is 0 Å². The molecule has 0 aromatic carbocycles. The van der Waals surface area contributed by atoms with Crippen molar-refractivity contribution in [3.05, 3.63) is 0 Å². The Hall–Kier alpha value is -0.750. The van der Waals surface area contributed by atoms with Crippen molar-refractivity contribution in [1.82, 2.24) is 10.6 Å². The zero-order chi connectivity index (χ0) is 12.6. The van der Waals surface area contributed by atoms with Gasteiger partial charge in [-0.3, -0.25) is 9.59 Å². The molecule has 0 radical (unpaired) electrons. The molecule has 0 saturated carbocycles. The molecule has 0 aliphatic rings. The van der Waals surface area contributed by atoms with Gasteiger partial charge in [0.05, 0.1) is 5.60 Å². The number of hydrogen-bond acceptors (Lipinski definition) is 4. The molecule has 0 heterocycles. The molecule has 0 spiro atoms. The van der Waals surface area contributed by atoms with Gasteiger partial charge >= 0.3 is 11.8 Å². The van der Waals surface area contributed by atoms with Crippen molar-refractivity contribution < 1.29 is 14.7 Å². The SMILES string of the molecule is CCCNC(=O)C(=O)NCC(C)(O)CSC. The average molecular weight is 248 g/mol. The second-order valence-electron chi connectivity index (χ2n) is 3.87. The summed E-state index contributed by atoms with van der Waals surface area (Å²) >= 11 is 1.48. The van der Waals surface area contributed by atoms with Crippen LogP contribution in [-0.4, -0.2) is 47.6 Å². The van der Waals surface area contributed by atoms with Crippen LogP contribution in [0.2, 0.25) is 0 Å². The third-order valence-corrected chi connectivity index (χ3v) is 2.74. The average Bonchev–Trinajstić information content (AvgIpc) is 2.22. The first-order valence-electron chi connectivity index (χ1n) is 5.20. The van der Waals surface area contributed by atoms with Crippen molar-refractivity contribution in [3.63, 3.8) is 0 Å². The molecule has 0 saturated heterocycles. The Morgan fingerprint density at radius 2 is 1.88 bits per heavy atom. The van der Waals surface area contributed by atoms with E-state index in [2.05, 4.69) is 10.6 Å². The maximum absolute atomic E-state index is 11.3. The molecule has 0 bridgehead atoms. The smallest absolute Gasteiger partial charge is 0.309 e. The van der Waals surface area contributed by atoms with Crippen LogP contribution >= 0.6 is 11.8 Å². The van der Waals surface area contributed by atoms with Gasteiger partial charge in [0.1, 0.15) is 0 Å². The quantitative estimate of drug-likeness (QED) is 0.566. The Kier molecular flexibility index (Phi) is 7.16. The van der Waals surface area contributed by atoms with Crippen LogP contribution in [0.4, 0.5) is 0 Å². The number of carbonyl (C=O) groups is 2. The van der Waals surface area contributed by atoms with E-state index in [1.807, 2.05) is 13.2 Å². The van der Waals surface area contributed by atoms with Crippen molar-refractivity contribution in [2.75, 3.05) is 25.1 Å². The Morgan fingerprint density at radius 1 is 1.31 bits per heavy atom.